The molecule has 5 aromatic rings. The summed E-state index contributed by atoms with van der Waals surface area (Å²) in [6.07, 6.45) is 3.18. The van der Waals surface area contributed by atoms with Gasteiger partial charge in [0.15, 0.2) is 0 Å². The Balaban J connectivity index is 1.30. The Bertz CT molecular complexity index is 1490. The van der Waals surface area contributed by atoms with Crippen molar-refractivity contribution in [1.29, 1.82) is 0 Å². The lowest BCUT2D eigenvalue weighted by molar-refractivity contribution is 0.102. The molecule has 8 nitrogen and oxygen atoms in total. The van der Waals surface area contributed by atoms with Crippen molar-refractivity contribution >= 4 is 45.5 Å². The zero-order valence-electron chi connectivity index (χ0n) is 19.6. The molecule has 0 saturated carbocycles. The number of ether oxygens (including phenoxy) is 1. The first kappa shape index (κ1) is 22.8. The van der Waals surface area contributed by atoms with Gasteiger partial charge in [0.25, 0.3) is 5.91 Å². The van der Waals surface area contributed by atoms with E-state index in [1.165, 1.54) is 6.33 Å². The summed E-state index contributed by atoms with van der Waals surface area (Å²) in [5.41, 5.74) is 2.00. The molecule has 3 N–H and O–H groups in total. The van der Waals surface area contributed by atoms with Crippen LogP contribution in [0, 0.1) is 0 Å². The fourth-order valence-corrected chi connectivity index (χ4v) is 3.80. The van der Waals surface area contributed by atoms with E-state index in [0.717, 1.165) is 16.5 Å². The summed E-state index contributed by atoms with van der Waals surface area (Å²) in [5.74, 6) is 2.27. The number of rotatable bonds is 8. The normalized spacial score (nSPS) is 10.6. The van der Waals surface area contributed by atoms with Crippen LogP contribution < -0.4 is 20.7 Å². The first-order valence-corrected chi connectivity index (χ1v) is 11.5. The van der Waals surface area contributed by atoms with E-state index in [0.29, 0.717) is 41.1 Å². The molecule has 0 bridgehead atoms. The summed E-state index contributed by atoms with van der Waals surface area (Å²) >= 11 is 0. The Labute approximate surface area is 208 Å². The van der Waals surface area contributed by atoms with Crippen LogP contribution >= 0.6 is 0 Å². The summed E-state index contributed by atoms with van der Waals surface area (Å²) in [6.45, 7) is 2.37. The third-order valence-corrected chi connectivity index (χ3v) is 5.42. The number of hydrogen-bond acceptors (Lipinski definition) is 7. The Kier molecular flexibility index (Phi) is 6.66. The van der Waals surface area contributed by atoms with E-state index >= 15 is 0 Å². The van der Waals surface area contributed by atoms with Crippen molar-refractivity contribution < 1.29 is 9.53 Å². The monoisotopic (exact) mass is 476 g/mol. The smallest absolute Gasteiger partial charge is 0.260 e. The number of pyridine rings is 1. The number of carbonyl (C=O) groups excluding carboxylic acids is 1. The number of fused-ring (bicyclic) bond motifs is 1. The average Bonchev–Trinajstić information content (AvgIpc) is 2.90. The third-order valence-electron chi connectivity index (χ3n) is 5.42. The van der Waals surface area contributed by atoms with E-state index in [1.807, 2.05) is 85.8 Å². The quantitative estimate of drug-likeness (QED) is 0.246. The average molecular weight is 477 g/mol. The molecular weight excluding hydrogens is 452 g/mol. The van der Waals surface area contributed by atoms with Gasteiger partial charge in [-0.15, -0.1) is 0 Å². The highest BCUT2D eigenvalue weighted by Crippen LogP contribution is 2.29. The minimum Gasteiger partial charge on any atom is -0.493 e. The van der Waals surface area contributed by atoms with Crippen LogP contribution in [0.1, 0.15) is 17.3 Å². The predicted molar refractivity (Wildman–Crippen MR) is 142 cm³/mol. The number of aromatic nitrogens is 3. The Morgan fingerprint density at radius 1 is 0.778 bits per heavy atom. The highest BCUT2D eigenvalue weighted by atomic mass is 16.5. The van der Waals surface area contributed by atoms with Crippen molar-refractivity contribution in [2.45, 2.75) is 6.92 Å². The Morgan fingerprint density at radius 2 is 1.53 bits per heavy atom. The van der Waals surface area contributed by atoms with Crippen molar-refractivity contribution in [2.75, 3.05) is 22.6 Å². The van der Waals surface area contributed by atoms with Crippen molar-refractivity contribution in [3.63, 3.8) is 0 Å². The topological polar surface area (TPSA) is 101 Å². The second-order valence-corrected chi connectivity index (χ2v) is 7.88. The standard InChI is InChI=1S/C28H24N6O2/c1-2-36-23-15-10-19-7-3-4-8-22(19)27(23)28(35)33-21-13-11-20(12-14-21)32-25-17-26(31-18-30-25)34-24-9-5-6-16-29-24/h3-18H,2H2,1H3,(H,33,35)(H2,29,30,31,32,34). The maximum atomic E-state index is 13.3. The number of anilines is 5. The summed E-state index contributed by atoms with van der Waals surface area (Å²) in [5, 5.41) is 11.2. The maximum absolute atomic E-state index is 13.3. The third kappa shape index (κ3) is 5.23. The van der Waals surface area contributed by atoms with Crippen LogP contribution in [0.2, 0.25) is 0 Å². The van der Waals surface area contributed by atoms with E-state index in [9.17, 15) is 4.79 Å². The first-order valence-electron chi connectivity index (χ1n) is 11.5. The number of hydrogen-bond donors (Lipinski definition) is 3. The molecule has 0 fully saturated rings. The van der Waals surface area contributed by atoms with Gasteiger partial charge in [0.2, 0.25) is 0 Å². The molecular formula is C28H24N6O2. The van der Waals surface area contributed by atoms with Crippen LogP contribution in [-0.2, 0) is 0 Å². The van der Waals surface area contributed by atoms with Crippen molar-refractivity contribution in [3.05, 3.63) is 103 Å². The molecule has 3 aromatic carbocycles. The molecule has 5 rings (SSSR count). The summed E-state index contributed by atoms with van der Waals surface area (Å²) in [6, 6.07) is 26.4. The summed E-state index contributed by atoms with van der Waals surface area (Å²) in [7, 11) is 0. The van der Waals surface area contributed by atoms with Crippen LogP contribution in [0.5, 0.6) is 5.75 Å². The SMILES string of the molecule is CCOc1ccc2ccccc2c1C(=O)Nc1ccc(Nc2cc(Nc3ccccn3)ncn2)cc1. The van der Waals surface area contributed by atoms with Gasteiger partial charge < -0.3 is 20.7 Å². The van der Waals surface area contributed by atoms with Crippen LogP contribution in [0.3, 0.4) is 0 Å². The van der Waals surface area contributed by atoms with Crippen LogP contribution in [-0.4, -0.2) is 27.5 Å². The molecule has 36 heavy (non-hydrogen) atoms. The first-order chi connectivity index (χ1) is 17.7. The van der Waals surface area contributed by atoms with Gasteiger partial charge in [0.05, 0.1) is 12.2 Å². The molecule has 178 valence electrons. The second kappa shape index (κ2) is 10.5. The zero-order chi connectivity index (χ0) is 24.7. The summed E-state index contributed by atoms with van der Waals surface area (Å²) in [4.78, 5) is 26.0. The predicted octanol–water partition coefficient (Wildman–Crippen LogP) is 6.16. The number of carbonyl (C=O) groups is 1. The van der Waals surface area contributed by atoms with Gasteiger partial charge in [-0.25, -0.2) is 15.0 Å². The number of nitrogens with zero attached hydrogens (tertiary/aromatic N) is 3. The molecule has 0 spiro atoms. The van der Waals surface area contributed by atoms with Gasteiger partial charge in [-0.1, -0.05) is 36.4 Å². The van der Waals surface area contributed by atoms with Gasteiger partial charge in [-0.2, -0.15) is 0 Å². The fraction of sp³-hybridized carbons (Fsp3) is 0.0714. The van der Waals surface area contributed by atoms with E-state index in [1.54, 1.807) is 12.3 Å². The van der Waals surface area contributed by atoms with E-state index in [4.69, 9.17) is 4.74 Å². The van der Waals surface area contributed by atoms with Crippen molar-refractivity contribution in [3.8, 4) is 5.75 Å². The summed E-state index contributed by atoms with van der Waals surface area (Å²) < 4.78 is 5.74. The molecule has 0 aliphatic carbocycles. The van der Waals surface area contributed by atoms with E-state index < -0.39 is 0 Å². The number of amides is 1. The molecule has 0 radical (unpaired) electrons. The Hall–Kier alpha value is -4.98. The molecule has 8 heteroatoms. The maximum Gasteiger partial charge on any atom is 0.260 e. The Morgan fingerprint density at radius 3 is 2.31 bits per heavy atom. The van der Waals surface area contributed by atoms with Crippen LogP contribution in [0.15, 0.2) is 97.5 Å². The fourth-order valence-electron chi connectivity index (χ4n) is 3.80. The molecule has 1 amide bonds. The van der Waals surface area contributed by atoms with E-state index in [2.05, 4.69) is 30.9 Å². The minimum atomic E-state index is -0.225. The molecule has 0 saturated heterocycles. The largest absolute Gasteiger partial charge is 0.493 e. The van der Waals surface area contributed by atoms with Crippen molar-refractivity contribution in [1.82, 2.24) is 15.0 Å². The van der Waals surface area contributed by atoms with Gasteiger partial charge in [-0.3, -0.25) is 4.79 Å². The lowest BCUT2D eigenvalue weighted by atomic mass is 10.0. The number of benzene rings is 3. The van der Waals surface area contributed by atoms with E-state index in [-0.39, 0.29) is 5.91 Å². The zero-order valence-corrected chi connectivity index (χ0v) is 19.6. The lowest BCUT2D eigenvalue weighted by Crippen LogP contribution is -2.14. The minimum absolute atomic E-state index is 0.225. The van der Waals surface area contributed by atoms with Gasteiger partial charge in [0, 0.05) is 23.6 Å². The highest BCUT2D eigenvalue weighted by Gasteiger charge is 2.17. The van der Waals surface area contributed by atoms with Gasteiger partial charge in [0.1, 0.15) is 29.5 Å². The molecule has 0 unspecified atom stereocenters. The highest BCUT2D eigenvalue weighted by molar-refractivity contribution is 6.15. The van der Waals surface area contributed by atoms with Crippen molar-refractivity contribution in [2.24, 2.45) is 0 Å². The van der Waals surface area contributed by atoms with Gasteiger partial charge in [-0.05, 0) is 60.2 Å². The van der Waals surface area contributed by atoms with Crippen LogP contribution in [0.25, 0.3) is 10.8 Å². The molecule has 0 aliphatic rings. The van der Waals surface area contributed by atoms with Crippen LogP contribution in [0.4, 0.5) is 28.8 Å². The van der Waals surface area contributed by atoms with Gasteiger partial charge >= 0.3 is 0 Å². The molecule has 2 aromatic heterocycles. The molecule has 0 aliphatic heterocycles. The molecule has 2 heterocycles. The second-order valence-electron chi connectivity index (χ2n) is 7.88. The number of nitrogens with one attached hydrogen (secondary N) is 3. The molecule has 0 atom stereocenters. The lowest BCUT2D eigenvalue weighted by Gasteiger charge is -2.14.